The van der Waals surface area contributed by atoms with E-state index in [1.54, 1.807) is 0 Å². The summed E-state index contributed by atoms with van der Waals surface area (Å²) in [5.41, 5.74) is -1.22. The molecule has 2 fully saturated rings. The van der Waals surface area contributed by atoms with E-state index < -0.39 is 22.4 Å². The SMILES string of the molecule is Cl.O=[N+]([O-])c1cc(N2C[C@@H]3C[C@H]2CN3)cc(C(F)(F)F)c1. The molecule has 2 heterocycles. The molecular formula is C12H13ClF3N3O2. The van der Waals surface area contributed by atoms with Crippen LogP contribution >= 0.6 is 12.4 Å². The van der Waals surface area contributed by atoms with Crippen molar-refractivity contribution in [2.45, 2.75) is 24.7 Å². The molecule has 0 amide bonds. The number of nitrogens with one attached hydrogen (secondary N) is 1. The number of nitrogens with zero attached hydrogens (tertiary/aromatic N) is 2. The second kappa shape index (κ2) is 5.34. The average Bonchev–Trinajstić information content (AvgIpc) is 2.99. The largest absolute Gasteiger partial charge is 0.416 e. The van der Waals surface area contributed by atoms with E-state index in [1.807, 2.05) is 4.90 Å². The van der Waals surface area contributed by atoms with Crippen LogP contribution in [0.2, 0.25) is 0 Å². The Morgan fingerprint density at radius 3 is 2.52 bits per heavy atom. The summed E-state index contributed by atoms with van der Waals surface area (Å²) in [7, 11) is 0. The Balaban J connectivity index is 0.00000161. The van der Waals surface area contributed by atoms with Crippen LogP contribution in [0.25, 0.3) is 0 Å². The van der Waals surface area contributed by atoms with Gasteiger partial charge in [0.2, 0.25) is 0 Å². The smallest absolute Gasteiger partial charge is 0.365 e. The summed E-state index contributed by atoms with van der Waals surface area (Å²) in [6.45, 7) is 1.29. The van der Waals surface area contributed by atoms with Crippen molar-refractivity contribution in [1.29, 1.82) is 0 Å². The maximum Gasteiger partial charge on any atom is 0.416 e. The van der Waals surface area contributed by atoms with Crippen LogP contribution in [0.4, 0.5) is 24.5 Å². The molecule has 21 heavy (non-hydrogen) atoms. The summed E-state index contributed by atoms with van der Waals surface area (Å²) < 4.78 is 38.5. The Morgan fingerprint density at radius 2 is 2.05 bits per heavy atom. The third-order valence-corrected chi connectivity index (χ3v) is 3.83. The lowest BCUT2D eigenvalue weighted by Gasteiger charge is -2.29. The number of anilines is 1. The van der Waals surface area contributed by atoms with E-state index in [0.29, 0.717) is 19.2 Å². The zero-order valence-electron chi connectivity index (χ0n) is 10.8. The number of hydrogen-bond acceptors (Lipinski definition) is 4. The minimum Gasteiger partial charge on any atom is -0.365 e. The summed E-state index contributed by atoms with van der Waals surface area (Å²) in [4.78, 5) is 11.9. The van der Waals surface area contributed by atoms with Crippen molar-refractivity contribution < 1.29 is 18.1 Å². The van der Waals surface area contributed by atoms with Gasteiger partial charge in [0.1, 0.15) is 0 Å². The van der Waals surface area contributed by atoms with Gasteiger partial charge in [-0.3, -0.25) is 10.1 Å². The summed E-state index contributed by atoms with van der Waals surface area (Å²) in [5, 5.41) is 14.1. The minimum atomic E-state index is -4.59. The van der Waals surface area contributed by atoms with Gasteiger partial charge < -0.3 is 10.2 Å². The van der Waals surface area contributed by atoms with Gasteiger partial charge >= 0.3 is 6.18 Å². The third-order valence-electron chi connectivity index (χ3n) is 3.83. The summed E-state index contributed by atoms with van der Waals surface area (Å²) in [5.74, 6) is 0. The van der Waals surface area contributed by atoms with Crippen molar-refractivity contribution in [3.05, 3.63) is 33.9 Å². The molecule has 0 radical (unpaired) electrons. The molecule has 2 aliphatic heterocycles. The molecule has 2 aliphatic rings. The Kier molecular flexibility index (Phi) is 4.03. The quantitative estimate of drug-likeness (QED) is 0.671. The number of nitro groups is 1. The Hall–Kier alpha value is -1.54. The molecule has 2 atom stereocenters. The highest BCUT2D eigenvalue weighted by Crippen LogP contribution is 2.37. The zero-order chi connectivity index (χ0) is 14.5. The summed E-state index contributed by atoms with van der Waals surface area (Å²) >= 11 is 0. The maximum atomic E-state index is 12.8. The Labute approximate surface area is 124 Å². The Bertz CT molecular complexity index is 567. The van der Waals surface area contributed by atoms with Crippen LogP contribution in [0.1, 0.15) is 12.0 Å². The molecule has 1 aromatic rings. The summed E-state index contributed by atoms with van der Waals surface area (Å²) in [6.07, 6.45) is -3.72. The first-order chi connectivity index (χ1) is 9.34. The second-order valence-corrected chi connectivity index (χ2v) is 5.14. The van der Waals surface area contributed by atoms with Gasteiger partial charge in [0.15, 0.2) is 0 Å². The van der Waals surface area contributed by atoms with Crippen molar-refractivity contribution in [2.24, 2.45) is 0 Å². The monoisotopic (exact) mass is 323 g/mol. The highest BCUT2D eigenvalue weighted by molar-refractivity contribution is 5.85. The maximum absolute atomic E-state index is 12.8. The van der Waals surface area contributed by atoms with E-state index >= 15 is 0 Å². The van der Waals surface area contributed by atoms with Gasteiger partial charge in [0, 0.05) is 43.0 Å². The standard InChI is InChI=1S/C12H12F3N3O2.ClH/c13-12(14,15)7-1-9(4-10(2-7)18(19)20)17-6-8-3-11(17)5-16-8;/h1-2,4,8,11,16H,3,5-6H2;1H/t8-,11-;/m0./s1. The van der Waals surface area contributed by atoms with Crippen molar-refractivity contribution >= 4 is 23.8 Å². The molecule has 2 saturated heterocycles. The number of benzene rings is 1. The molecular weight excluding hydrogens is 311 g/mol. The van der Waals surface area contributed by atoms with Crippen molar-refractivity contribution in [2.75, 3.05) is 18.0 Å². The van der Waals surface area contributed by atoms with E-state index in [0.717, 1.165) is 12.5 Å². The number of hydrogen-bond donors (Lipinski definition) is 1. The van der Waals surface area contributed by atoms with Gasteiger partial charge in [-0.15, -0.1) is 12.4 Å². The van der Waals surface area contributed by atoms with E-state index in [1.165, 1.54) is 6.07 Å². The minimum absolute atomic E-state index is 0. The van der Waals surface area contributed by atoms with Crippen LogP contribution < -0.4 is 10.2 Å². The molecule has 0 saturated carbocycles. The first kappa shape index (κ1) is 15.8. The number of halogens is 4. The van der Waals surface area contributed by atoms with Gasteiger partial charge in [-0.25, -0.2) is 0 Å². The van der Waals surface area contributed by atoms with Crippen LogP contribution in [-0.2, 0) is 6.18 Å². The number of alkyl halides is 3. The van der Waals surface area contributed by atoms with Crippen LogP contribution in [0.5, 0.6) is 0 Å². The molecule has 1 aromatic carbocycles. The molecule has 5 nitrogen and oxygen atoms in total. The fourth-order valence-corrected chi connectivity index (χ4v) is 2.91. The van der Waals surface area contributed by atoms with Crippen molar-refractivity contribution in [3.8, 4) is 0 Å². The molecule has 0 spiro atoms. The molecule has 1 N–H and O–H groups in total. The van der Waals surface area contributed by atoms with Crippen molar-refractivity contribution in [1.82, 2.24) is 5.32 Å². The molecule has 2 bridgehead atoms. The fraction of sp³-hybridized carbons (Fsp3) is 0.500. The Morgan fingerprint density at radius 1 is 1.33 bits per heavy atom. The molecule has 0 aliphatic carbocycles. The normalized spacial score (nSPS) is 24.0. The van der Waals surface area contributed by atoms with Crippen LogP contribution in [0.15, 0.2) is 18.2 Å². The first-order valence-electron chi connectivity index (χ1n) is 6.21. The van der Waals surface area contributed by atoms with Gasteiger partial charge in [-0.2, -0.15) is 13.2 Å². The van der Waals surface area contributed by atoms with Crippen LogP contribution in [0, 0.1) is 10.1 Å². The zero-order valence-corrected chi connectivity index (χ0v) is 11.6. The van der Waals surface area contributed by atoms with Gasteiger partial charge in [-0.05, 0) is 12.5 Å². The fourth-order valence-electron chi connectivity index (χ4n) is 2.91. The average molecular weight is 324 g/mol. The highest BCUT2D eigenvalue weighted by Gasteiger charge is 2.39. The van der Waals surface area contributed by atoms with Crippen LogP contribution in [0.3, 0.4) is 0 Å². The molecule has 0 aromatic heterocycles. The highest BCUT2D eigenvalue weighted by atomic mass is 35.5. The lowest BCUT2D eigenvalue weighted by Crippen LogP contribution is -2.43. The van der Waals surface area contributed by atoms with E-state index in [9.17, 15) is 23.3 Å². The van der Waals surface area contributed by atoms with Gasteiger partial charge in [-0.1, -0.05) is 0 Å². The van der Waals surface area contributed by atoms with Gasteiger partial charge in [0.05, 0.1) is 10.5 Å². The molecule has 3 rings (SSSR count). The van der Waals surface area contributed by atoms with Gasteiger partial charge in [0.25, 0.3) is 5.69 Å². The second-order valence-electron chi connectivity index (χ2n) is 5.14. The number of nitro benzene ring substituents is 1. The lowest BCUT2D eigenvalue weighted by molar-refractivity contribution is -0.385. The van der Waals surface area contributed by atoms with Crippen LogP contribution in [-0.4, -0.2) is 30.1 Å². The number of non-ortho nitro benzene ring substituents is 1. The number of piperazine rings is 1. The topological polar surface area (TPSA) is 58.4 Å². The first-order valence-corrected chi connectivity index (χ1v) is 6.21. The third kappa shape index (κ3) is 2.91. The predicted molar refractivity (Wildman–Crippen MR) is 72.9 cm³/mol. The molecule has 0 unspecified atom stereocenters. The molecule has 9 heteroatoms. The van der Waals surface area contributed by atoms with E-state index in [-0.39, 0.29) is 30.2 Å². The van der Waals surface area contributed by atoms with E-state index in [4.69, 9.17) is 0 Å². The summed E-state index contributed by atoms with van der Waals surface area (Å²) in [6, 6.07) is 3.16. The number of rotatable bonds is 2. The van der Waals surface area contributed by atoms with Crippen molar-refractivity contribution in [3.63, 3.8) is 0 Å². The van der Waals surface area contributed by atoms with E-state index in [2.05, 4.69) is 5.32 Å². The molecule has 116 valence electrons. The predicted octanol–water partition coefficient (Wildman–Crippen LogP) is 2.59. The lowest BCUT2D eigenvalue weighted by atomic mass is 10.1. The number of fused-ring (bicyclic) bond motifs is 2.